The van der Waals surface area contributed by atoms with E-state index in [-0.39, 0.29) is 76.9 Å². The average molecular weight is 597 g/mol. The van der Waals surface area contributed by atoms with Gasteiger partial charge in [0.1, 0.15) is 5.84 Å². The van der Waals surface area contributed by atoms with E-state index in [2.05, 4.69) is 0 Å². The van der Waals surface area contributed by atoms with Crippen LogP contribution in [0.4, 0.5) is 4.39 Å². The lowest BCUT2D eigenvalue weighted by Crippen LogP contribution is -2.30. The highest BCUT2D eigenvalue weighted by molar-refractivity contribution is 8.93. The lowest BCUT2D eigenvalue weighted by Gasteiger charge is -2.25. The van der Waals surface area contributed by atoms with Crippen LogP contribution in [-0.4, -0.2) is 61.1 Å². The molecule has 0 aromatic heterocycles. The Morgan fingerprint density at radius 1 is 1.05 bits per heavy atom. The van der Waals surface area contributed by atoms with Crippen LogP contribution in [0.25, 0.3) is 0 Å². The number of Topliss-reactive ketones (excluding diaryl/α,β-unsaturated/α-hetero) is 1. The molecule has 38 heavy (non-hydrogen) atoms. The molecule has 11 heteroatoms. The van der Waals surface area contributed by atoms with Crippen molar-refractivity contribution in [2.45, 2.75) is 46.6 Å². The summed E-state index contributed by atoms with van der Waals surface area (Å²) in [6.07, 6.45) is 0. The summed E-state index contributed by atoms with van der Waals surface area (Å²) in [5.74, 6) is -1.55. The van der Waals surface area contributed by atoms with Crippen molar-refractivity contribution in [2.75, 3.05) is 33.5 Å². The molecule has 1 aliphatic heterocycles. The van der Waals surface area contributed by atoms with Crippen LogP contribution in [-0.2, 0) is 16.8 Å². The molecule has 0 amide bonds. The van der Waals surface area contributed by atoms with Gasteiger partial charge in [0.05, 0.1) is 32.4 Å². The monoisotopic (exact) mass is 596 g/mol. The standard InChI is InChI=1S/C27H33FN2O7.BrH/c1-7-35-20-11-16-12-30(26(29)22(16)23(28)25(20)36-8-2)13-18(31)15-9-17(27(3,4)5)24(19(10-15)34-6)37-14-21(32)33;/h9-11,29H,7-8,12-14H2,1-6H3,(H,32,33);1H. The van der Waals surface area contributed by atoms with E-state index in [9.17, 15) is 9.59 Å². The van der Waals surface area contributed by atoms with Crippen molar-refractivity contribution in [3.8, 4) is 23.0 Å². The fourth-order valence-corrected chi connectivity index (χ4v) is 4.18. The normalized spacial score (nSPS) is 12.5. The molecular weight excluding hydrogens is 563 g/mol. The molecule has 2 N–H and O–H groups in total. The zero-order valence-electron chi connectivity index (χ0n) is 22.4. The van der Waals surface area contributed by atoms with Crippen molar-refractivity contribution in [1.82, 2.24) is 4.90 Å². The number of ether oxygens (including phenoxy) is 4. The first-order chi connectivity index (χ1) is 17.4. The predicted molar refractivity (Wildman–Crippen MR) is 145 cm³/mol. The van der Waals surface area contributed by atoms with E-state index in [1.54, 1.807) is 26.0 Å². The lowest BCUT2D eigenvalue weighted by atomic mass is 9.84. The fourth-order valence-electron chi connectivity index (χ4n) is 4.18. The third-order valence-corrected chi connectivity index (χ3v) is 5.85. The first-order valence-corrected chi connectivity index (χ1v) is 12.0. The Morgan fingerprint density at radius 3 is 2.26 bits per heavy atom. The van der Waals surface area contributed by atoms with E-state index >= 15 is 4.39 Å². The second kappa shape index (κ2) is 12.5. The molecule has 2 aromatic carbocycles. The summed E-state index contributed by atoms with van der Waals surface area (Å²) in [7, 11) is 1.41. The number of carbonyl (C=O) groups is 2. The first-order valence-electron chi connectivity index (χ1n) is 12.0. The molecule has 0 atom stereocenters. The van der Waals surface area contributed by atoms with Crippen molar-refractivity contribution in [3.63, 3.8) is 0 Å². The number of rotatable bonds is 11. The molecule has 0 unspecified atom stereocenters. The number of carboxylic acid groups (broad SMARTS) is 1. The van der Waals surface area contributed by atoms with Crippen LogP contribution in [0, 0.1) is 11.2 Å². The lowest BCUT2D eigenvalue weighted by molar-refractivity contribution is -0.139. The maximum Gasteiger partial charge on any atom is 0.341 e. The number of nitrogens with one attached hydrogen (secondary N) is 1. The number of carboxylic acids is 1. The van der Waals surface area contributed by atoms with E-state index in [1.165, 1.54) is 18.1 Å². The van der Waals surface area contributed by atoms with Gasteiger partial charge in [-0.1, -0.05) is 20.8 Å². The molecule has 2 aromatic rings. The number of ketones is 1. The minimum atomic E-state index is -1.14. The van der Waals surface area contributed by atoms with Crippen LogP contribution < -0.4 is 18.9 Å². The van der Waals surface area contributed by atoms with Crippen molar-refractivity contribution in [3.05, 3.63) is 46.3 Å². The third-order valence-electron chi connectivity index (χ3n) is 5.85. The van der Waals surface area contributed by atoms with Crippen molar-refractivity contribution in [2.24, 2.45) is 0 Å². The highest BCUT2D eigenvalue weighted by atomic mass is 79.9. The number of hydrogen-bond donors (Lipinski definition) is 2. The number of nitrogens with zero attached hydrogens (tertiary/aromatic N) is 1. The van der Waals surface area contributed by atoms with E-state index in [4.69, 9.17) is 29.5 Å². The summed E-state index contributed by atoms with van der Waals surface area (Å²) in [5.41, 5.74) is 1.03. The highest BCUT2D eigenvalue weighted by Gasteiger charge is 2.34. The van der Waals surface area contributed by atoms with E-state index < -0.39 is 23.8 Å². The van der Waals surface area contributed by atoms with Crippen LogP contribution in [0.15, 0.2) is 18.2 Å². The highest BCUT2D eigenvalue weighted by Crippen LogP contribution is 2.41. The van der Waals surface area contributed by atoms with Crippen LogP contribution in [0.1, 0.15) is 61.7 Å². The van der Waals surface area contributed by atoms with Gasteiger partial charge in [-0.3, -0.25) is 10.2 Å². The van der Waals surface area contributed by atoms with Gasteiger partial charge in [-0.15, -0.1) is 17.0 Å². The Morgan fingerprint density at radius 2 is 1.71 bits per heavy atom. The van der Waals surface area contributed by atoms with Gasteiger partial charge in [0, 0.05) is 17.7 Å². The van der Waals surface area contributed by atoms with Crippen LogP contribution in [0.3, 0.4) is 0 Å². The van der Waals surface area contributed by atoms with Gasteiger partial charge in [-0.2, -0.15) is 0 Å². The molecule has 1 aliphatic rings. The first kappa shape index (κ1) is 30.9. The molecule has 0 radical (unpaired) electrons. The summed E-state index contributed by atoms with van der Waals surface area (Å²) in [4.78, 5) is 25.9. The molecule has 0 aliphatic carbocycles. The summed E-state index contributed by atoms with van der Waals surface area (Å²) in [6.45, 7) is 9.21. The zero-order chi connectivity index (χ0) is 27.5. The Kier molecular flexibility index (Phi) is 10.1. The maximum absolute atomic E-state index is 15.4. The van der Waals surface area contributed by atoms with Gasteiger partial charge < -0.3 is 29.0 Å². The number of fused-ring (bicyclic) bond motifs is 1. The second-order valence-corrected chi connectivity index (χ2v) is 9.53. The van der Waals surface area contributed by atoms with Crippen LogP contribution in [0.5, 0.6) is 23.0 Å². The number of halogens is 2. The van der Waals surface area contributed by atoms with Crippen molar-refractivity contribution >= 4 is 34.6 Å². The van der Waals surface area contributed by atoms with Crippen molar-refractivity contribution in [1.29, 1.82) is 5.41 Å². The topological polar surface area (TPSA) is 118 Å². The van der Waals surface area contributed by atoms with Gasteiger partial charge in [0.25, 0.3) is 0 Å². The summed E-state index contributed by atoms with van der Waals surface area (Å²) in [6, 6.07) is 4.79. The SMILES string of the molecule is Br.CCOc1cc2c(c(F)c1OCC)C(=N)N(CC(=O)c1cc(OC)c(OCC(=O)O)c(C(C)(C)C)c1)C2. The molecule has 3 rings (SSSR count). The zero-order valence-corrected chi connectivity index (χ0v) is 24.1. The second-order valence-electron chi connectivity index (χ2n) is 9.53. The molecule has 0 saturated carbocycles. The van der Waals surface area contributed by atoms with Gasteiger partial charge in [-0.25, -0.2) is 9.18 Å². The van der Waals surface area contributed by atoms with Crippen LogP contribution in [0.2, 0.25) is 0 Å². The summed E-state index contributed by atoms with van der Waals surface area (Å²) < 4.78 is 37.3. The Bertz CT molecular complexity index is 1230. The molecule has 1 heterocycles. The minimum absolute atomic E-state index is 0. The minimum Gasteiger partial charge on any atom is -0.493 e. The van der Waals surface area contributed by atoms with Gasteiger partial charge >= 0.3 is 5.97 Å². The molecule has 208 valence electrons. The average Bonchev–Trinajstić information content (AvgIpc) is 3.13. The molecule has 0 spiro atoms. The summed E-state index contributed by atoms with van der Waals surface area (Å²) >= 11 is 0. The Labute approximate surface area is 232 Å². The van der Waals surface area contributed by atoms with Gasteiger partial charge in [0.15, 0.2) is 41.2 Å². The number of amidine groups is 1. The molecule has 0 saturated heterocycles. The van der Waals surface area contributed by atoms with E-state index in [1.807, 2.05) is 20.8 Å². The molecule has 9 nitrogen and oxygen atoms in total. The Hall–Kier alpha value is -3.34. The largest absolute Gasteiger partial charge is 0.493 e. The number of aliphatic carboxylic acids is 1. The Balaban J connectivity index is 0.00000507. The molecule has 0 bridgehead atoms. The smallest absolute Gasteiger partial charge is 0.341 e. The van der Waals surface area contributed by atoms with Gasteiger partial charge in [-0.05, 0) is 43.0 Å². The fraction of sp³-hybridized carbons (Fsp3) is 0.444. The summed E-state index contributed by atoms with van der Waals surface area (Å²) in [5, 5.41) is 17.6. The number of benzene rings is 2. The van der Waals surface area contributed by atoms with E-state index in [0.717, 1.165) is 0 Å². The number of hydrogen-bond acceptors (Lipinski definition) is 7. The van der Waals surface area contributed by atoms with Crippen LogP contribution >= 0.6 is 17.0 Å². The molecule has 0 fully saturated rings. The number of methoxy groups -OCH3 is 1. The number of carbonyl (C=O) groups excluding carboxylic acids is 1. The van der Waals surface area contributed by atoms with Crippen molar-refractivity contribution < 1.29 is 38.0 Å². The maximum atomic E-state index is 15.4. The quantitative estimate of drug-likeness (QED) is 0.348. The van der Waals surface area contributed by atoms with Gasteiger partial charge in [0.2, 0.25) is 0 Å². The predicted octanol–water partition coefficient (Wildman–Crippen LogP) is 4.99. The molecular formula is C27H34BrFN2O7. The van der Waals surface area contributed by atoms with E-state index in [0.29, 0.717) is 23.3 Å². The third kappa shape index (κ3) is 6.38.